The molecule has 2 atom stereocenters. The molecule has 100 valence electrons. The molecule has 1 heterocycles. The lowest BCUT2D eigenvalue weighted by molar-refractivity contribution is 0.197. The number of piperidine rings is 1. The number of hydrogen-bond donors (Lipinski definition) is 2. The topological polar surface area (TPSA) is 41.3 Å². The van der Waals surface area contributed by atoms with Crippen LogP contribution in [0.3, 0.4) is 0 Å². The first-order chi connectivity index (χ1) is 8.29. The Kier molecular flexibility index (Phi) is 5.26. The molecule has 0 bridgehead atoms. The fourth-order valence-corrected chi connectivity index (χ4v) is 3.34. The Balaban J connectivity index is 1.69. The number of likely N-dealkylation sites (tertiary alicyclic amines) is 1. The van der Waals surface area contributed by atoms with Gasteiger partial charge in [0.1, 0.15) is 0 Å². The summed E-state index contributed by atoms with van der Waals surface area (Å²) in [5.74, 6) is 1.63. The quantitative estimate of drug-likeness (QED) is 0.780. The number of nitrogens with one attached hydrogen (secondary N) is 1. The van der Waals surface area contributed by atoms with Crippen molar-refractivity contribution in [2.75, 3.05) is 33.2 Å². The van der Waals surface area contributed by atoms with Gasteiger partial charge in [-0.3, -0.25) is 0 Å². The van der Waals surface area contributed by atoms with Gasteiger partial charge in [0, 0.05) is 6.04 Å². The van der Waals surface area contributed by atoms with E-state index in [-0.39, 0.29) is 0 Å². The second-order valence-corrected chi connectivity index (χ2v) is 6.04. The van der Waals surface area contributed by atoms with Gasteiger partial charge in [0.2, 0.25) is 0 Å². The van der Waals surface area contributed by atoms with E-state index in [4.69, 9.17) is 5.73 Å². The summed E-state index contributed by atoms with van der Waals surface area (Å²) in [4.78, 5) is 2.44. The van der Waals surface area contributed by atoms with Gasteiger partial charge >= 0.3 is 0 Å². The minimum atomic E-state index is 0.702. The zero-order valence-electron chi connectivity index (χ0n) is 11.3. The molecule has 0 radical (unpaired) electrons. The highest BCUT2D eigenvalue weighted by atomic mass is 15.1. The Bertz CT molecular complexity index is 212. The lowest BCUT2D eigenvalue weighted by Crippen LogP contribution is -2.45. The molecule has 2 unspecified atom stereocenters. The van der Waals surface area contributed by atoms with Gasteiger partial charge in [-0.1, -0.05) is 12.8 Å². The van der Waals surface area contributed by atoms with E-state index in [2.05, 4.69) is 17.3 Å². The first-order valence-electron chi connectivity index (χ1n) is 7.41. The first-order valence-corrected chi connectivity index (χ1v) is 7.41. The summed E-state index contributed by atoms with van der Waals surface area (Å²) in [5.41, 5.74) is 5.87. The van der Waals surface area contributed by atoms with Crippen LogP contribution in [-0.2, 0) is 0 Å². The predicted octanol–water partition coefficient (Wildman–Crippen LogP) is 1.44. The van der Waals surface area contributed by atoms with Crippen molar-refractivity contribution < 1.29 is 0 Å². The molecule has 0 aromatic carbocycles. The third kappa shape index (κ3) is 3.94. The van der Waals surface area contributed by atoms with Gasteiger partial charge in [0.15, 0.2) is 0 Å². The van der Waals surface area contributed by atoms with Gasteiger partial charge in [-0.2, -0.15) is 0 Å². The third-order valence-electron chi connectivity index (χ3n) is 4.72. The van der Waals surface area contributed by atoms with Crippen molar-refractivity contribution >= 4 is 0 Å². The van der Waals surface area contributed by atoms with Crippen LogP contribution in [-0.4, -0.2) is 44.2 Å². The zero-order chi connectivity index (χ0) is 12.1. The van der Waals surface area contributed by atoms with Crippen molar-refractivity contribution in [2.24, 2.45) is 17.6 Å². The standard InChI is InChI=1S/C14H29N3/c1-17-8-6-12(7-9-17)11-16-14-5-3-2-4-13(14)10-15/h12-14,16H,2-11,15H2,1H3. The smallest absolute Gasteiger partial charge is 0.0107 e. The van der Waals surface area contributed by atoms with Crippen LogP contribution in [0.25, 0.3) is 0 Å². The number of nitrogens with two attached hydrogens (primary N) is 1. The average molecular weight is 239 g/mol. The molecule has 1 aliphatic heterocycles. The van der Waals surface area contributed by atoms with Crippen LogP contribution in [0.5, 0.6) is 0 Å². The molecule has 2 fully saturated rings. The molecule has 3 N–H and O–H groups in total. The molecule has 17 heavy (non-hydrogen) atoms. The van der Waals surface area contributed by atoms with E-state index in [1.807, 2.05) is 0 Å². The molecule has 0 amide bonds. The highest BCUT2D eigenvalue weighted by Gasteiger charge is 2.25. The molecule has 2 aliphatic rings. The summed E-state index contributed by atoms with van der Waals surface area (Å²) >= 11 is 0. The van der Waals surface area contributed by atoms with Crippen LogP contribution >= 0.6 is 0 Å². The first kappa shape index (κ1) is 13.3. The normalized spacial score (nSPS) is 32.8. The van der Waals surface area contributed by atoms with Crippen molar-refractivity contribution in [1.82, 2.24) is 10.2 Å². The van der Waals surface area contributed by atoms with Crippen LogP contribution in [0.1, 0.15) is 38.5 Å². The molecule has 0 spiro atoms. The summed E-state index contributed by atoms with van der Waals surface area (Å²) < 4.78 is 0. The second kappa shape index (κ2) is 6.72. The maximum Gasteiger partial charge on any atom is 0.0107 e. The second-order valence-electron chi connectivity index (χ2n) is 6.04. The van der Waals surface area contributed by atoms with Crippen LogP contribution in [0.15, 0.2) is 0 Å². The van der Waals surface area contributed by atoms with Gasteiger partial charge in [0.05, 0.1) is 0 Å². The predicted molar refractivity (Wildman–Crippen MR) is 73.0 cm³/mol. The van der Waals surface area contributed by atoms with Gasteiger partial charge in [0.25, 0.3) is 0 Å². The van der Waals surface area contributed by atoms with E-state index in [0.717, 1.165) is 18.4 Å². The van der Waals surface area contributed by atoms with E-state index in [9.17, 15) is 0 Å². The Morgan fingerprint density at radius 3 is 2.53 bits per heavy atom. The SMILES string of the molecule is CN1CCC(CNC2CCCCC2CN)CC1. The largest absolute Gasteiger partial charge is 0.330 e. The third-order valence-corrected chi connectivity index (χ3v) is 4.72. The molecule has 1 saturated heterocycles. The Morgan fingerprint density at radius 2 is 1.82 bits per heavy atom. The summed E-state index contributed by atoms with van der Waals surface area (Å²) in [7, 11) is 2.23. The monoisotopic (exact) mass is 239 g/mol. The Morgan fingerprint density at radius 1 is 1.12 bits per heavy atom. The lowest BCUT2D eigenvalue weighted by atomic mass is 9.84. The molecule has 0 aromatic rings. The van der Waals surface area contributed by atoms with Gasteiger partial charge in [-0.25, -0.2) is 0 Å². The van der Waals surface area contributed by atoms with E-state index in [1.54, 1.807) is 0 Å². The highest BCUT2D eigenvalue weighted by molar-refractivity contribution is 4.83. The molecular weight excluding hydrogens is 210 g/mol. The molecule has 3 nitrogen and oxygen atoms in total. The van der Waals surface area contributed by atoms with Crippen molar-refractivity contribution in [3.8, 4) is 0 Å². The maximum atomic E-state index is 5.87. The Labute approximate surface area is 106 Å². The number of hydrogen-bond acceptors (Lipinski definition) is 3. The van der Waals surface area contributed by atoms with Crippen LogP contribution in [0.2, 0.25) is 0 Å². The molecule has 3 heteroatoms. The van der Waals surface area contributed by atoms with Gasteiger partial charge < -0.3 is 16.0 Å². The van der Waals surface area contributed by atoms with E-state index in [1.165, 1.54) is 58.2 Å². The Hall–Kier alpha value is -0.120. The zero-order valence-corrected chi connectivity index (χ0v) is 11.3. The number of nitrogens with zero attached hydrogens (tertiary/aromatic N) is 1. The molecule has 2 rings (SSSR count). The molecular formula is C14H29N3. The summed E-state index contributed by atoms with van der Waals surface area (Å²) in [6.07, 6.45) is 8.18. The van der Waals surface area contributed by atoms with Crippen molar-refractivity contribution in [2.45, 2.75) is 44.6 Å². The fraction of sp³-hybridized carbons (Fsp3) is 1.00. The summed E-state index contributed by atoms with van der Waals surface area (Å²) in [5, 5.41) is 3.81. The van der Waals surface area contributed by atoms with Crippen LogP contribution < -0.4 is 11.1 Å². The van der Waals surface area contributed by atoms with Gasteiger partial charge in [-0.05, 0) is 70.7 Å². The van der Waals surface area contributed by atoms with Crippen molar-refractivity contribution in [1.29, 1.82) is 0 Å². The summed E-state index contributed by atoms with van der Waals surface area (Å²) in [6.45, 7) is 4.63. The van der Waals surface area contributed by atoms with Crippen molar-refractivity contribution in [3.63, 3.8) is 0 Å². The number of rotatable bonds is 4. The minimum Gasteiger partial charge on any atom is -0.330 e. The van der Waals surface area contributed by atoms with Gasteiger partial charge in [-0.15, -0.1) is 0 Å². The van der Waals surface area contributed by atoms with E-state index in [0.29, 0.717) is 6.04 Å². The summed E-state index contributed by atoms with van der Waals surface area (Å²) in [6, 6.07) is 0.702. The van der Waals surface area contributed by atoms with Crippen LogP contribution in [0.4, 0.5) is 0 Å². The molecule has 1 saturated carbocycles. The van der Waals surface area contributed by atoms with Crippen molar-refractivity contribution in [3.05, 3.63) is 0 Å². The van der Waals surface area contributed by atoms with E-state index < -0.39 is 0 Å². The van der Waals surface area contributed by atoms with E-state index >= 15 is 0 Å². The molecule has 0 aromatic heterocycles. The average Bonchev–Trinajstić information content (AvgIpc) is 2.38. The molecule has 1 aliphatic carbocycles. The maximum absolute atomic E-state index is 5.87. The fourth-order valence-electron chi connectivity index (χ4n) is 3.34. The lowest BCUT2D eigenvalue weighted by Gasteiger charge is -2.34. The minimum absolute atomic E-state index is 0.702. The van der Waals surface area contributed by atoms with Crippen LogP contribution in [0, 0.1) is 11.8 Å². The highest BCUT2D eigenvalue weighted by Crippen LogP contribution is 2.24.